The van der Waals surface area contributed by atoms with Gasteiger partial charge in [-0.15, -0.1) is 0 Å². The molecule has 0 radical (unpaired) electrons. The topological polar surface area (TPSA) is 80.2 Å². The number of nitrogens with zero attached hydrogens (tertiary/aromatic N) is 1. The molecule has 0 fully saturated rings. The zero-order valence-corrected chi connectivity index (χ0v) is 14.1. The summed E-state index contributed by atoms with van der Waals surface area (Å²) >= 11 is 3.27. The minimum absolute atomic E-state index is 0.00480. The first-order valence-corrected chi connectivity index (χ1v) is 7.76. The van der Waals surface area contributed by atoms with Gasteiger partial charge in [0, 0.05) is 36.1 Å². The third kappa shape index (κ3) is 4.79. The molecule has 2 aromatic rings. The fraction of sp³-hybridized carbons (Fsp3) is 0.188. The van der Waals surface area contributed by atoms with E-state index >= 15 is 0 Å². The highest BCUT2D eigenvalue weighted by Crippen LogP contribution is 2.13. The third-order valence-electron chi connectivity index (χ3n) is 3.19. The number of Topliss-reactive ketones (excluding diaryl/α,β-unsaturated/α-hetero) is 1. The fourth-order valence-electron chi connectivity index (χ4n) is 2.00. The average molecular weight is 378 g/mol. The van der Waals surface area contributed by atoms with Crippen LogP contribution in [0.1, 0.15) is 33.7 Å². The minimum Gasteiger partial charge on any atom is -0.345 e. The van der Waals surface area contributed by atoms with Crippen LogP contribution in [0.3, 0.4) is 0 Å². The van der Waals surface area contributed by atoms with Gasteiger partial charge in [-0.3, -0.25) is 25.2 Å². The van der Waals surface area contributed by atoms with Gasteiger partial charge >= 0.3 is 0 Å². The Morgan fingerprint density at radius 3 is 2.39 bits per heavy atom. The Kier molecular flexibility index (Phi) is 5.70. The molecule has 23 heavy (non-hydrogen) atoms. The standard InChI is InChI=1S/C16H16BrN3O3/c1-20-10-12(17)9-13(20)16(23)19-18-15(22)8-7-14(21)11-5-3-2-4-6-11/h2-6,9-10H,7-8H2,1H3,(H,18,22)(H,19,23). The van der Waals surface area contributed by atoms with Crippen molar-refractivity contribution >= 4 is 33.5 Å². The molecule has 0 saturated heterocycles. The number of aromatic nitrogens is 1. The van der Waals surface area contributed by atoms with Gasteiger partial charge in [0.25, 0.3) is 5.91 Å². The molecule has 2 N–H and O–H groups in total. The number of nitrogens with one attached hydrogen (secondary N) is 2. The quantitative estimate of drug-likeness (QED) is 0.619. The van der Waals surface area contributed by atoms with Crippen LogP contribution in [0, 0.1) is 0 Å². The van der Waals surface area contributed by atoms with Gasteiger partial charge in [0.15, 0.2) is 5.78 Å². The van der Waals surface area contributed by atoms with Crippen molar-refractivity contribution in [2.45, 2.75) is 12.8 Å². The van der Waals surface area contributed by atoms with E-state index in [9.17, 15) is 14.4 Å². The second kappa shape index (κ2) is 7.73. The Labute approximate surface area is 142 Å². The Morgan fingerprint density at radius 1 is 1.09 bits per heavy atom. The van der Waals surface area contributed by atoms with E-state index < -0.39 is 11.8 Å². The third-order valence-corrected chi connectivity index (χ3v) is 3.63. The number of amides is 2. The van der Waals surface area contributed by atoms with Crippen molar-refractivity contribution < 1.29 is 14.4 Å². The number of aryl methyl sites for hydroxylation is 1. The molecule has 0 bridgehead atoms. The van der Waals surface area contributed by atoms with Crippen molar-refractivity contribution in [1.29, 1.82) is 0 Å². The summed E-state index contributed by atoms with van der Waals surface area (Å²) in [5.41, 5.74) is 5.60. The molecule has 2 amide bonds. The van der Waals surface area contributed by atoms with E-state index in [0.717, 1.165) is 4.47 Å². The molecule has 1 aromatic heterocycles. The van der Waals surface area contributed by atoms with Crippen LogP contribution in [0.25, 0.3) is 0 Å². The average Bonchev–Trinajstić information content (AvgIpc) is 2.89. The number of hydrogen-bond donors (Lipinski definition) is 2. The summed E-state index contributed by atoms with van der Waals surface area (Å²) in [5.74, 6) is -0.963. The van der Waals surface area contributed by atoms with Gasteiger partial charge < -0.3 is 4.57 Å². The Morgan fingerprint density at radius 2 is 1.78 bits per heavy atom. The number of ketones is 1. The van der Waals surface area contributed by atoms with Crippen molar-refractivity contribution in [3.05, 3.63) is 58.3 Å². The Balaban J connectivity index is 1.78. The molecule has 0 spiro atoms. The van der Waals surface area contributed by atoms with Gasteiger partial charge in [-0.25, -0.2) is 0 Å². The second-order valence-corrected chi connectivity index (χ2v) is 5.86. The summed E-state index contributed by atoms with van der Waals surface area (Å²) in [7, 11) is 1.72. The van der Waals surface area contributed by atoms with Crippen molar-refractivity contribution in [3.8, 4) is 0 Å². The lowest BCUT2D eigenvalue weighted by atomic mass is 10.1. The van der Waals surface area contributed by atoms with E-state index in [1.54, 1.807) is 48.1 Å². The lowest BCUT2D eigenvalue weighted by Crippen LogP contribution is -2.42. The van der Waals surface area contributed by atoms with E-state index in [0.29, 0.717) is 11.3 Å². The van der Waals surface area contributed by atoms with Crippen molar-refractivity contribution in [1.82, 2.24) is 15.4 Å². The van der Waals surface area contributed by atoms with E-state index in [1.807, 2.05) is 6.07 Å². The molecule has 120 valence electrons. The van der Waals surface area contributed by atoms with Crippen LogP contribution in [-0.4, -0.2) is 22.2 Å². The minimum atomic E-state index is -0.430. The van der Waals surface area contributed by atoms with Crippen LogP contribution in [0.5, 0.6) is 0 Å². The van der Waals surface area contributed by atoms with Gasteiger partial charge in [0.1, 0.15) is 5.69 Å². The molecular weight excluding hydrogens is 362 g/mol. The molecule has 0 aliphatic carbocycles. The monoisotopic (exact) mass is 377 g/mol. The zero-order valence-electron chi connectivity index (χ0n) is 12.5. The molecule has 1 heterocycles. The summed E-state index contributed by atoms with van der Waals surface area (Å²) in [6, 6.07) is 10.4. The van der Waals surface area contributed by atoms with Crippen molar-refractivity contribution in [2.75, 3.05) is 0 Å². The molecule has 7 heteroatoms. The SMILES string of the molecule is Cn1cc(Br)cc1C(=O)NNC(=O)CCC(=O)c1ccccc1. The van der Waals surface area contributed by atoms with Crippen LogP contribution in [0.15, 0.2) is 47.1 Å². The summed E-state index contributed by atoms with van der Waals surface area (Å²) < 4.78 is 2.40. The maximum atomic E-state index is 11.9. The molecule has 0 atom stereocenters. The molecule has 2 rings (SSSR count). The number of hydrogen-bond acceptors (Lipinski definition) is 3. The van der Waals surface area contributed by atoms with Gasteiger partial charge in [-0.05, 0) is 22.0 Å². The number of carbonyl (C=O) groups excluding carboxylic acids is 3. The predicted octanol–water partition coefficient (Wildman–Crippen LogP) is 2.21. The van der Waals surface area contributed by atoms with E-state index in [-0.39, 0.29) is 18.6 Å². The fourth-order valence-corrected chi connectivity index (χ4v) is 2.52. The van der Waals surface area contributed by atoms with Gasteiger partial charge in [0.05, 0.1) is 0 Å². The highest BCUT2D eigenvalue weighted by atomic mass is 79.9. The highest BCUT2D eigenvalue weighted by Gasteiger charge is 2.13. The van der Waals surface area contributed by atoms with Crippen LogP contribution in [0.2, 0.25) is 0 Å². The van der Waals surface area contributed by atoms with Gasteiger partial charge in [-0.1, -0.05) is 30.3 Å². The molecule has 6 nitrogen and oxygen atoms in total. The van der Waals surface area contributed by atoms with Crippen LogP contribution >= 0.6 is 15.9 Å². The molecule has 0 unspecified atom stereocenters. The normalized spacial score (nSPS) is 10.2. The smallest absolute Gasteiger partial charge is 0.286 e. The molecule has 0 aliphatic rings. The highest BCUT2D eigenvalue weighted by molar-refractivity contribution is 9.10. The molecule has 0 saturated carbocycles. The molecule has 1 aromatic carbocycles. The number of halogens is 1. The Bertz CT molecular complexity index is 725. The summed E-state index contributed by atoms with van der Waals surface area (Å²) in [6.07, 6.45) is 1.82. The second-order valence-electron chi connectivity index (χ2n) is 4.95. The summed E-state index contributed by atoms with van der Waals surface area (Å²) in [4.78, 5) is 35.5. The lowest BCUT2D eigenvalue weighted by molar-refractivity contribution is -0.121. The molecular formula is C16H16BrN3O3. The first-order chi connectivity index (χ1) is 11.0. The first kappa shape index (κ1) is 17.0. The van der Waals surface area contributed by atoms with Crippen molar-refractivity contribution in [3.63, 3.8) is 0 Å². The number of benzene rings is 1. The number of rotatable bonds is 5. The number of hydrazine groups is 1. The van der Waals surface area contributed by atoms with E-state index in [2.05, 4.69) is 26.8 Å². The lowest BCUT2D eigenvalue weighted by Gasteiger charge is -2.07. The van der Waals surface area contributed by atoms with Gasteiger partial charge in [-0.2, -0.15) is 0 Å². The van der Waals surface area contributed by atoms with Crippen molar-refractivity contribution in [2.24, 2.45) is 7.05 Å². The van der Waals surface area contributed by atoms with E-state index in [4.69, 9.17) is 0 Å². The van der Waals surface area contributed by atoms with Crippen LogP contribution in [-0.2, 0) is 11.8 Å². The number of carbonyl (C=O) groups is 3. The zero-order chi connectivity index (χ0) is 16.8. The molecule has 0 aliphatic heterocycles. The van der Waals surface area contributed by atoms with Gasteiger partial charge in [0.2, 0.25) is 5.91 Å². The van der Waals surface area contributed by atoms with Crippen LogP contribution < -0.4 is 10.9 Å². The first-order valence-electron chi connectivity index (χ1n) is 6.96. The summed E-state index contributed by atoms with van der Waals surface area (Å²) in [5, 5.41) is 0. The maximum Gasteiger partial charge on any atom is 0.286 e. The predicted molar refractivity (Wildman–Crippen MR) is 88.7 cm³/mol. The largest absolute Gasteiger partial charge is 0.345 e. The van der Waals surface area contributed by atoms with Crippen LogP contribution in [0.4, 0.5) is 0 Å². The summed E-state index contributed by atoms with van der Waals surface area (Å²) in [6.45, 7) is 0. The Hall–Kier alpha value is -2.41. The van der Waals surface area contributed by atoms with E-state index in [1.165, 1.54) is 0 Å². The maximum absolute atomic E-state index is 11.9.